The maximum atomic E-state index is 14.1. The molecule has 1 aliphatic rings. The summed E-state index contributed by atoms with van der Waals surface area (Å²) in [6.07, 6.45) is 6.50. The van der Waals surface area contributed by atoms with Gasteiger partial charge in [-0.2, -0.15) is 0 Å². The minimum absolute atomic E-state index is 0.101. The normalized spacial score (nSPS) is 12.4. The highest BCUT2D eigenvalue weighted by Crippen LogP contribution is 2.31. The van der Waals surface area contributed by atoms with Crippen molar-refractivity contribution in [2.75, 3.05) is 12.4 Å². The quantitative estimate of drug-likeness (QED) is 0.636. The van der Waals surface area contributed by atoms with Gasteiger partial charge in [0.15, 0.2) is 0 Å². The molecule has 3 nitrogen and oxygen atoms in total. The lowest BCUT2D eigenvalue weighted by atomic mass is 9.90. The van der Waals surface area contributed by atoms with Gasteiger partial charge in [-0.25, -0.2) is 4.39 Å². The molecule has 0 unspecified atom stereocenters. The minimum Gasteiger partial charge on any atom is -0.496 e. The molecule has 0 saturated heterocycles. The standard InChI is InChI=1S/C24H20FNO2/c1-28-22-11-5-10-21(25)23(22)24(27)26-18-14-12-17(13-15-18)20-9-4-7-16-6-2-3-8-19(16)20/h3-5,7-15H,2,6H2,1H3,(H,26,27). The van der Waals surface area contributed by atoms with Gasteiger partial charge < -0.3 is 10.1 Å². The van der Waals surface area contributed by atoms with Crippen LogP contribution in [0, 0.1) is 5.82 Å². The van der Waals surface area contributed by atoms with Crippen molar-refractivity contribution in [1.82, 2.24) is 0 Å². The Morgan fingerprint density at radius 1 is 1.04 bits per heavy atom. The second-order valence-electron chi connectivity index (χ2n) is 6.67. The zero-order chi connectivity index (χ0) is 19.5. The van der Waals surface area contributed by atoms with Gasteiger partial charge in [-0.15, -0.1) is 0 Å². The van der Waals surface area contributed by atoms with E-state index in [1.54, 1.807) is 6.07 Å². The second kappa shape index (κ2) is 7.69. The van der Waals surface area contributed by atoms with E-state index in [9.17, 15) is 9.18 Å². The summed E-state index contributed by atoms with van der Waals surface area (Å²) in [5.74, 6) is -0.948. The maximum Gasteiger partial charge on any atom is 0.262 e. The van der Waals surface area contributed by atoms with Crippen molar-refractivity contribution in [3.8, 4) is 16.9 Å². The summed E-state index contributed by atoms with van der Waals surface area (Å²) in [4.78, 5) is 12.5. The van der Waals surface area contributed by atoms with Crippen molar-refractivity contribution in [3.63, 3.8) is 0 Å². The average Bonchev–Trinajstić information content (AvgIpc) is 2.73. The fourth-order valence-corrected chi connectivity index (χ4v) is 3.54. The van der Waals surface area contributed by atoms with Gasteiger partial charge in [0.05, 0.1) is 7.11 Å². The number of hydrogen-bond donors (Lipinski definition) is 1. The molecule has 0 heterocycles. The van der Waals surface area contributed by atoms with Crippen LogP contribution < -0.4 is 10.1 Å². The molecule has 28 heavy (non-hydrogen) atoms. The summed E-state index contributed by atoms with van der Waals surface area (Å²) >= 11 is 0. The van der Waals surface area contributed by atoms with Crippen molar-refractivity contribution in [2.24, 2.45) is 0 Å². The number of carbonyl (C=O) groups is 1. The Kier molecular flexibility index (Phi) is 4.94. The van der Waals surface area contributed by atoms with E-state index in [1.165, 1.54) is 35.9 Å². The molecule has 1 N–H and O–H groups in total. The fourth-order valence-electron chi connectivity index (χ4n) is 3.54. The summed E-state index contributed by atoms with van der Waals surface area (Å²) in [5, 5.41) is 2.74. The van der Waals surface area contributed by atoms with E-state index in [1.807, 2.05) is 24.3 Å². The van der Waals surface area contributed by atoms with E-state index >= 15 is 0 Å². The molecule has 140 valence electrons. The van der Waals surface area contributed by atoms with E-state index in [2.05, 4.69) is 35.7 Å². The lowest BCUT2D eigenvalue weighted by Crippen LogP contribution is -2.15. The van der Waals surface area contributed by atoms with Gasteiger partial charge in [-0.3, -0.25) is 4.79 Å². The predicted molar refractivity (Wildman–Crippen MR) is 110 cm³/mol. The number of benzene rings is 3. The molecular formula is C24H20FNO2. The van der Waals surface area contributed by atoms with Crippen LogP contribution in [0.5, 0.6) is 5.75 Å². The Bertz CT molecular complexity index is 1050. The molecule has 1 amide bonds. The number of fused-ring (bicyclic) bond motifs is 1. The number of halogens is 1. The van der Waals surface area contributed by atoms with Gasteiger partial charge in [-0.05, 0) is 59.4 Å². The highest BCUT2D eigenvalue weighted by atomic mass is 19.1. The first-order valence-electron chi connectivity index (χ1n) is 9.20. The van der Waals surface area contributed by atoms with Gasteiger partial charge in [-0.1, -0.05) is 48.6 Å². The van der Waals surface area contributed by atoms with Crippen LogP contribution in [0.15, 0.2) is 66.7 Å². The van der Waals surface area contributed by atoms with Crippen LogP contribution in [0.25, 0.3) is 17.2 Å². The molecule has 4 rings (SSSR count). The van der Waals surface area contributed by atoms with Gasteiger partial charge in [0, 0.05) is 5.69 Å². The SMILES string of the molecule is COc1cccc(F)c1C(=O)Nc1ccc(-c2cccc3c2C=CCC3)cc1. The molecular weight excluding hydrogens is 353 g/mol. The zero-order valence-electron chi connectivity index (χ0n) is 15.5. The Hall–Kier alpha value is -3.40. The fraction of sp³-hybridized carbons (Fsp3) is 0.125. The molecule has 1 aliphatic carbocycles. The van der Waals surface area contributed by atoms with Crippen molar-refractivity contribution in [2.45, 2.75) is 12.8 Å². The van der Waals surface area contributed by atoms with Crippen LogP contribution in [0.4, 0.5) is 10.1 Å². The van der Waals surface area contributed by atoms with Gasteiger partial charge in [0.1, 0.15) is 17.1 Å². The van der Waals surface area contributed by atoms with E-state index in [0.717, 1.165) is 18.4 Å². The van der Waals surface area contributed by atoms with Crippen molar-refractivity contribution in [1.29, 1.82) is 0 Å². The monoisotopic (exact) mass is 373 g/mol. The number of amides is 1. The third-order valence-corrected chi connectivity index (χ3v) is 4.94. The predicted octanol–water partition coefficient (Wildman–Crippen LogP) is 5.71. The number of methoxy groups -OCH3 is 1. The van der Waals surface area contributed by atoms with E-state index in [-0.39, 0.29) is 11.3 Å². The molecule has 0 radical (unpaired) electrons. The number of aryl methyl sites for hydroxylation is 1. The Balaban J connectivity index is 1.59. The molecule has 0 fully saturated rings. The maximum absolute atomic E-state index is 14.1. The van der Waals surface area contributed by atoms with Gasteiger partial charge >= 0.3 is 0 Å². The first kappa shape index (κ1) is 18.0. The van der Waals surface area contributed by atoms with Crippen LogP contribution in [0.3, 0.4) is 0 Å². The van der Waals surface area contributed by atoms with Gasteiger partial charge in [0.2, 0.25) is 0 Å². The summed E-state index contributed by atoms with van der Waals surface area (Å²) in [7, 11) is 1.41. The zero-order valence-corrected chi connectivity index (χ0v) is 15.5. The Labute approximate surface area is 163 Å². The number of ether oxygens (including phenoxy) is 1. The van der Waals surface area contributed by atoms with Crippen molar-refractivity contribution >= 4 is 17.7 Å². The largest absolute Gasteiger partial charge is 0.496 e. The molecule has 4 heteroatoms. The third-order valence-electron chi connectivity index (χ3n) is 4.94. The number of anilines is 1. The summed E-state index contributed by atoms with van der Waals surface area (Å²) in [6.45, 7) is 0. The van der Waals surface area contributed by atoms with Crippen molar-refractivity contribution < 1.29 is 13.9 Å². The first-order valence-corrected chi connectivity index (χ1v) is 9.20. The molecule has 0 bridgehead atoms. The molecule has 0 atom stereocenters. The molecule has 3 aromatic carbocycles. The first-order chi connectivity index (χ1) is 13.7. The van der Waals surface area contributed by atoms with Crippen molar-refractivity contribution in [3.05, 3.63) is 89.2 Å². The van der Waals surface area contributed by atoms with Crippen LogP contribution >= 0.6 is 0 Å². The van der Waals surface area contributed by atoms with E-state index < -0.39 is 11.7 Å². The molecule has 3 aromatic rings. The Morgan fingerprint density at radius 3 is 2.61 bits per heavy atom. The van der Waals surface area contributed by atoms with E-state index in [0.29, 0.717) is 5.69 Å². The molecule has 0 aliphatic heterocycles. The van der Waals surface area contributed by atoms with Crippen LogP contribution in [0.1, 0.15) is 27.9 Å². The minimum atomic E-state index is -0.615. The third kappa shape index (κ3) is 3.41. The number of rotatable bonds is 4. The van der Waals surface area contributed by atoms with Crippen LogP contribution in [-0.4, -0.2) is 13.0 Å². The highest BCUT2D eigenvalue weighted by Gasteiger charge is 2.18. The van der Waals surface area contributed by atoms with E-state index in [4.69, 9.17) is 4.74 Å². The van der Waals surface area contributed by atoms with Gasteiger partial charge in [0.25, 0.3) is 5.91 Å². The topological polar surface area (TPSA) is 38.3 Å². The summed E-state index contributed by atoms with van der Waals surface area (Å²) < 4.78 is 19.2. The lowest BCUT2D eigenvalue weighted by Gasteiger charge is -2.15. The van der Waals surface area contributed by atoms with Crippen LogP contribution in [0.2, 0.25) is 0 Å². The summed E-state index contributed by atoms with van der Waals surface area (Å²) in [5.41, 5.74) is 5.34. The average molecular weight is 373 g/mol. The number of allylic oxidation sites excluding steroid dienone is 1. The second-order valence-corrected chi connectivity index (χ2v) is 6.67. The molecule has 0 saturated carbocycles. The van der Waals surface area contributed by atoms with Crippen LogP contribution in [-0.2, 0) is 6.42 Å². The summed E-state index contributed by atoms with van der Waals surface area (Å²) in [6, 6.07) is 18.2. The molecule has 0 spiro atoms. The number of hydrogen-bond acceptors (Lipinski definition) is 2. The number of nitrogens with one attached hydrogen (secondary N) is 1. The highest BCUT2D eigenvalue weighted by molar-refractivity contribution is 6.06. The lowest BCUT2D eigenvalue weighted by molar-refractivity contribution is 0.102. The number of carbonyl (C=O) groups excluding carboxylic acids is 1. The molecule has 0 aromatic heterocycles. The smallest absolute Gasteiger partial charge is 0.262 e. The Morgan fingerprint density at radius 2 is 1.82 bits per heavy atom.